The molecule has 0 atom stereocenters. The van der Waals surface area contributed by atoms with E-state index < -0.39 is 0 Å². The van der Waals surface area contributed by atoms with Crippen LogP contribution in [0.5, 0.6) is 0 Å². The summed E-state index contributed by atoms with van der Waals surface area (Å²) in [5.41, 5.74) is 11.1. The Balaban J connectivity index is 1.25. The van der Waals surface area contributed by atoms with Gasteiger partial charge in [-0.2, -0.15) is 0 Å². The third kappa shape index (κ3) is 3.81. The van der Waals surface area contributed by atoms with Crippen LogP contribution in [0.2, 0.25) is 0 Å². The Morgan fingerprint density at radius 1 is 0.300 bits per heavy atom. The number of furan rings is 2. The molecule has 0 aliphatic carbocycles. The van der Waals surface area contributed by atoms with Crippen LogP contribution in [0.15, 0.2) is 154 Å². The zero-order valence-electron chi connectivity index (χ0n) is 21.7. The Morgan fingerprint density at radius 2 is 0.675 bits per heavy atom. The summed E-state index contributed by atoms with van der Waals surface area (Å²) >= 11 is 0. The van der Waals surface area contributed by atoms with Crippen molar-refractivity contribution in [2.45, 2.75) is 0 Å². The van der Waals surface area contributed by atoms with Gasteiger partial charge in [-0.3, -0.25) is 0 Å². The first kappa shape index (κ1) is 22.6. The molecule has 0 saturated carbocycles. The first-order valence-electron chi connectivity index (χ1n) is 13.5. The van der Waals surface area contributed by atoms with Gasteiger partial charge >= 0.3 is 0 Å². The van der Waals surface area contributed by atoms with E-state index >= 15 is 0 Å². The highest BCUT2D eigenvalue weighted by atomic mass is 16.5. The average Bonchev–Trinajstić information content (AvgIpc) is 3.57. The van der Waals surface area contributed by atoms with Gasteiger partial charge < -0.3 is 8.83 Å². The summed E-state index contributed by atoms with van der Waals surface area (Å²) in [5, 5.41) is 3.14. The number of benzene rings is 6. The smallest absolute Gasteiger partial charge is 0.299 e. The molecule has 0 bridgehead atoms. The number of hydrogen-bond acceptors (Lipinski definition) is 2. The van der Waals surface area contributed by atoms with Crippen LogP contribution in [0, 0.1) is 0 Å². The molecular formula is C38H24O2. The second-order valence-corrected chi connectivity index (χ2v) is 10.2. The fourth-order valence-electron chi connectivity index (χ4n) is 5.69. The Morgan fingerprint density at radius 3 is 1.12 bits per heavy atom. The van der Waals surface area contributed by atoms with Crippen LogP contribution in [0.1, 0.15) is 0 Å². The van der Waals surface area contributed by atoms with Crippen molar-refractivity contribution in [1.82, 2.24) is 0 Å². The summed E-state index contributed by atoms with van der Waals surface area (Å²) in [6, 6.07) is 51.2. The van der Waals surface area contributed by atoms with E-state index in [-0.39, 0.29) is 0 Å². The minimum absolute atomic E-state index is 0.565. The minimum atomic E-state index is 0.565. The van der Waals surface area contributed by atoms with Crippen LogP contribution in [-0.4, -0.2) is 0 Å². The monoisotopic (exact) mass is 512 g/mol. The lowest BCUT2D eigenvalue weighted by molar-refractivity contribution is 0.524. The molecule has 0 saturated heterocycles. The molecule has 0 N–H and O–H groups in total. The molecule has 0 unspecified atom stereocenters. The van der Waals surface area contributed by atoms with Crippen LogP contribution in [0.3, 0.4) is 0 Å². The molecule has 0 spiro atoms. The molecule has 2 heteroatoms. The maximum absolute atomic E-state index is 6.18. The SMILES string of the molecule is c1ccc(-c2cccc(-c3ccc4oc5oc6ccc(-c7cccc(-c8ccccc8)c7)cc6c5c4c3)c2)cc1. The van der Waals surface area contributed by atoms with Gasteiger partial charge in [0.25, 0.3) is 5.78 Å². The van der Waals surface area contributed by atoms with E-state index in [0.717, 1.165) is 38.5 Å². The van der Waals surface area contributed by atoms with Crippen LogP contribution in [0.25, 0.3) is 77.6 Å². The summed E-state index contributed by atoms with van der Waals surface area (Å²) in [7, 11) is 0. The molecule has 40 heavy (non-hydrogen) atoms. The van der Waals surface area contributed by atoms with E-state index in [4.69, 9.17) is 8.83 Å². The van der Waals surface area contributed by atoms with Gasteiger partial charge in [0, 0.05) is 10.8 Å². The van der Waals surface area contributed by atoms with E-state index in [1.165, 1.54) is 33.4 Å². The Labute approximate surface area is 231 Å². The fraction of sp³-hybridized carbons (Fsp3) is 0. The zero-order valence-corrected chi connectivity index (χ0v) is 21.7. The van der Waals surface area contributed by atoms with Gasteiger partial charge in [0.15, 0.2) is 0 Å². The number of fused-ring (bicyclic) bond motifs is 5. The van der Waals surface area contributed by atoms with E-state index in [2.05, 4.69) is 121 Å². The van der Waals surface area contributed by atoms with Gasteiger partial charge in [-0.25, -0.2) is 0 Å². The molecule has 6 aromatic carbocycles. The third-order valence-electron chi connectivity index (χ3n) is 7.71. The quantitative estimate of drug-likeness (QED) is 0.234. The van der Waals surface area contributed by atoms with Crippen molar-refractivity contribution in [3.05, 3.63) is 146 Å². The summed E-state index contributed by atoms with van der Waals surface area (Å²) in [4.78, 5) is 0. The second-order valence-electron chi connectivity index (χ2n) is 10.2. The highest BCUT2D eigenvalue weighted by molar-refractivity contribution is 6.18. The molecule has 8 aromatic rings. The molecule has 0 aliphatic heterocycles. The Bertz CT molecular complexity index is 2000. The van der Waals surface area contributed by atoms with E-state index in [1.807, 2.05) is 24.3 Å². The maximum Gasteiger partial charge on any atom is 0.299 e. The molecule has 0 radical (unpaired) electrons. The van der Waals surface area contributed by atoms with Crippen molar-refractivity contribution in [3.8, 4) is 44.5 Å². The van der Waals surface area contributed by atoms with Crippen molar-refractivity contribution in [2.24, 2.45) is 0 Å². The average molecular weight is 513 g/mol. The lowest BCUT2D eigenvalue weighted by Gasteiger charge is -2.07. The zero-order chi connectivity index (χ0) is 26.5. The van der Waals surface area contributed by atoms with Gasteiger partial charge in [0.1, 0.15) is 11.2 Å². The molecule has 0 aliphatic rings. The largest absolute Gasteiger partial charge is 0.425 e. The summed E-state index contributed by atoms with van der Waals surface area (Å²) in [6.07, 6.45) is 0. The molecule has 2 aromatic heterocycles. The first-order valence-corrected chi connectivity index (χ1v) is 13.5. The van der Waals surface area contributed by atoms with Gasteiger partial charge in [-0.15, -0.1) is 0 Å². The van der Waals surface area contributed by atoms with Gasteiger partial charge in [-0.1, -0.05) is 109 Å². The van der Waals surface area contributed by atoms with Crippen molar-refractivity contribution in [1.29, 1.82) is 0 Å². The van der Waals surface area contributed by atoms with Gasteiger partial charge in [-0.05, 0) is 80.9 Å². The topological polar surface area (TPSA) is 26.3 Å². The lowest BCUT2D eigenvalue weighted by Crippen LogP contribution is -1.82. The molecule has 2 nitrogen and oxygen atoms in total. The minimum Gasteiger partial charge on any atom is -0.425 e. The molecule has 8 rings (SSSR count). The highest BCUT2D eigenvalue weighted by Crippen LogP contribution is 2.40. The molecule has 0 fully saturated rings. The van der Waals surface area contributed by atoms with Crippen LogP contribution < -0.4 is 0 Å². The lowest BCUT2D eigenvalue weighted by atomic mass is 9.97. The fourth-order valence-corrected chi connectivity index (χ4v) is 5.69. The van der Waals surface area contributed by atoms with Crippen LogP contribution in [0.4, 0.5) is 0 Å². The molecule has 0 amide bonds. The second kappa shape index (κ2) is 9.14. The van der Waals surface area contributed by atoms with E-state index in [0.29, 0.717) is 5.78 Å². The Kier molecular flexibility index (Phi) is 5.17. The Hall–Kier alpha value is -5.34. The highest BCUT2D eigenvalue weighted by Gasteiger charge is 2.17. The molecular weight excluding hydrogens is 488 g/mol. The molecule has 188 valence electrons. The van der Waals surface area contributed by atoms with Crippen molar-refractivity contribution in [3.63, 3.8) is 0 Å². The summed E-state index contributed by atoms with van der Waals surface area (Å²) < 4.78 is 12.4. The summed E-state index contributed by atoms with van der Waals surface area (Å²) in [6.45, 7) is 0. The normalized spacial score (nSPS) is 11.5. The van der Waals surface area contributed by atoms with Crippen molar-refractivity contribution >= 4 is 33.1 Å². The predicted octanol–water partition coefficient (Wildman–Crippen LogP) is 11.0. The standard InChI is InChI=1S/C38H24O2/c1-3-9-25(10-4-1)27-13-7-15-29(21-27)31-17-19-35-33(23-31)37-34-24-32(18-20-36(34)40-38(37)39-35)30-16-8-14-28(22-30)26-11-5-2-6-12-26/h1-24H. The van der Waals surface area contributed by atoms with Crippen molar-refractivity contribution < 1.29 is 8.83 Å². The van der Waals surface area contributed by atoms with Gasteiger partial charge in [0.05, 0.1) is 5.39 Å². The predicted molar refractivity (Wildman–Crippen MR) is 165 cm³/mol. The number of hydrogen-bond donors (Lipinski definition) is 0. The number of rotatable bonds is 4. The van der Waals surface area contributed by atoms with Crippen LogP contribution >= 0.6 is 0 Å². The molecule has 2 heterocycles. The van der Waals surface area contributed by atoms with Crippen molar-refractivity contribution in [2.75, 3.05) is 0 Å². The van der Waals surface area contributed by atoms with Gasteiger partial charge in [0.2, 0.25) is 0 Å². The first-order chi connectivity index (χ1) is 19.8. The third-order valence-corrected chi connectivity index (χ3v) is 7.71. The summed E-state index contributed by atoms with van der Waals surface area (Å²) in [5.74, 6) is 0.565. The van der Waals surface area contributed by atoms with Crippen LogP contribution in [-0.2, 0) is 0 Å². The van der Waals surface area contributed by atoms with E-state index in [1.54, 1.807) is 0 Å². The maximum atomic E-state index is 6.18. The van der Waals surface area contributed by atoms with E-state index in [9.17, 15) is 0 Å².